The second kappa shape index (κ2) is 6.47. The minimum atomic E-state index is -4.40. The molecule has 1 N–H and O–H groups in total. The number of benzene rings is 1. The Bertz CT molecular complexity index is 502. The number of rotatable bonds is 3. The molecule has 0 bridgehead atoms. The maximum absolute atomic E-state index is 12.6. The van der Waals surface area contributed by atoms with Gasteiger partial charge in [0.1, 0.15) is 0 Å². The first-order valence-corrected chi connectivity index (χ1v) is 7.07. The van der Waals surface area contributed by atoms with E-state index in [1.54, 1.807) is 0 Å². The highest BCUT2D eigenvalue weighted by Gasteiger charge is 2.30. The molecule has 1 aliphatic rings. The van der Waals surface area contributed by atoms with Crippen molar-refractivity contribution in [2.75, 3.05) is 18.4 Å². The van der Waals surface area contributed by atoms with Gasteiger partial charge >= 0.3 is 6.18 Å². The first-order valence-electron chi connectivity index (χ1n) is 7.07. The Kier molecular flexibility index (Phi) is 4.88. The summed E-state index contributed by atoms with van der Waals surface area (Å²) >= 11 is 0. The Balaban J connectivity index is 1.96. The molecule has 6 heteroatoms. The molecule has 0 aromatic heterocycles. The molecule has 1 atom stereocenters. The van der Waals surface area contributed by atoms with E-state index >= 15 is 0 Å². The van der Waals surface area contributed by atoms with Crippen molar-refractivity contribution in [3.63, 3.8) is 0 Å². The zero-order chi connectivity index (χ0) is 15.5. The number of amides is 1. The third-order valence-electron chi connectivity index (χ3n) is 3.76. The average molecular weight is 300 g/mol. The van der Waals surface area contributed by atoms with Crippen LogP contribution in [-0.4, -0.2) is 29.9 Å². The van der Waals surface area contributed by atoms with Gasteiger partial charge in [-0.05, 0) is 44.5 Å². The molecule has 1 amide bonds. The van der Waals surface area contributed by atoms with Crippen LogP contribution in [0.4, 0.5) is 18.9 Å². The fraction of sp³-hybridized carbons (Fsp3) is 0.533. The first kappa shape index (κ1) is 15.8. The second-order valence-corrected chi connectivity index (χ2v) is 5.44. The lowest BCUT2D eigenvalue weighted by Crippen LogP contribution is -2.42. The third kappa shape index (κ3) is 4.46. The maximum atomic E-state index is 12.6. The van der Waals surface area contributed by atoms with Crippen LogP contribution in [0.3, 0.4) is 0 Å². The van der Waals surface area contributed by atoms with Crippen LogP contribution in [-0.2, 0) is 11.0 Å². The summed E-state index contributed by atoms with van der Waals surface area (Å²) in [6.07, 6.45) is -1.13. The van der Waals surface area contributed by atoms with Crippen LogP contribution in [0.1, 0.15) is 31.7 Å². The zero-order valence-corrected chi connectivity index (χ0v) is 11.9. The molecule has 21 heavy (non-hydrogen) atoms. The molecular formula is C15H19F3N2O. The Hall–Kier alpha value is -1.56. The highest BCUT2D eigenvalue weighted by molar-refractivity contribution is 5.92. The van der Waals surface area contributed by atoms with Crippen molar-refractivity contribution in [1.82, 2.24) is 4.90 Å². The van der Waals surface area contributed by atoms with Crippen molar-refractivity contribution in [2.24, 2.45) is 0 Å². The van der Waals surface area contributed by atoms with Gasteiger partial charge in [0, 0.05) is 11.7 Å². The van der Waals surface area contributed by atoms with Gasteiger partial charge in [-0.25, -0.2) is 0 Å². The van der Waals surface area contributed by atoms with Crippen molar-refractivity contribution in [3.8, 4) is 0 Å². The molecule has 1 aliphatic heterocycles. The largest absolute Gasteiger partial charge is 0.416 e. The maximum Gasteiger partial charge on any atom is 0.416 e. The minimum absolute atomic E-state index is 0.180. The summed E-state index contributed by atoms with van der Waals surface area (Å²) in [5.41, 5.74) is -0.578. The van der Waals surface area contributed by atoms with E-state index in [0.29, 0.717) is 6.04 Å². The molecule has 1 saturated heterocycles. The number of carbonyl (C=O) groups is 1. The van der Waals surface area contributed by atoms with Crippen LogP contribution in [0.5, 0.6) is 0 Å². The number of hydrogen-bond acceptors (Lipinski definition) is 2. The average Bonchev–Trinajstić information content (AvgIpc) is 2.41. The van der Waals surface area contributed by atoms with E-state index in [1.165, 1.54) is 12.1 Å². The van der Waals surface area contributed by atoms with Gasteiger partial charge in [-0.3, -0.25) is 9.69 Å². The number of anilines is 1. The standard InChI is InChI=1S/C15H19F3N2O/c1-11-5-2-3-8-20(11)10-14(21)19-13-7-4-6-12(9-13)15(16,17)18/h4,6-7,9,11H,2-3,5,8,10H2,1H3,(H,19,21). The molecule has 0 aliphatic carbocycles. The summed E-state index contributed by atoms with van der Waals surface area (Å²) in [4.78, 5) is 14.0. The number of halogens is 3. The Morgan fingerprint density at radius 3 is 2.81 bits per heavy atom. The van der Waals surface area contributed by atoms with E-state index < -0.39 is 11.7 Å². The molecule has 0 spiro atoms. The van der Waals surface area contributed by atoms with E-state index in [4.69, 9.17) is 0 Å². The first-order chi connectivity index (χ1) is 9.86. The highest BCUT2D eigenvalue weighted by Crippen LogP contribution is 2.30. The lowest BCUT2D eigenvalue weighted by Gasteiger charge is -2.32. The van der Waals surface area contributed by atoms with Crippen LogP contribution >= 0.6 is 0 Å². The monoisotopic (exact) mass is 300 g/mol. The predicted molar refractivity (Wildman–Crippen MR) is 75.0 cm³/mol. The molecule has 1 aromatic carbocycles. The fourth-order valence-electron chi connectivity index (χ4n) is 2.55. The lowest BCUT2D eigenvalue weighted by atomic mass is 10.0. The summed E-state index contributed by atoms with van der Waals surface area (Å²) in [5, 5.41) is 2.54. The molecule has 116 valence electrons. The Morgan fingerprint density at radius 1 is 1.38 bits per heavy atom. The fourth-order valence-corrected chi connectivity index (χ4v) is 2.55. The van der Waals surface area contributed by atoms with Gasteiger partial charge in [-0.2, -0.15) is 13.2 Å². The number of likely N-dealkylation sites (tertiary alicyclic amines) is 1. The van der Waals surface area contributed by atoms with Crippen molar-refractivity contribution in [3.05, 3.63) is 29.8 Å². The van der Waals surface area contributed by atoms with Crippen molar-refractivity contribution in [1.29, 1.82) is 0 Å². The summed E-state index contributed by atoms with van der Waals surface area (Å²) in [6, 6.07) is 5.04. The van der Waals surface area contributed by atoms with Gasteiger partial charge in [0.25, 0.3) is 0 Å². The number of alkyl halides is 3. The molecule has 2 rings (SSSR count). The van der Waals surface area contributed by atoms with Gasteiger partial charge in [-0.1, -0.05) is 12.5 Å². The predicted octanol–water partition coefficient (Wildman–Crippen LogP) is 3.52. The number of nitrogens with one attached hydrogen (secondary N) is 1. The van der Waals surface area contributed by atoms with E-state index in [-0.39, 0.29) is 18.1 Å². The van der Waals surface area contributed by atoms with Gasteiger partial charge in [0.05, 0.1) is 12.1 Å². The van der Waals surface area contributed by atoms with Crippen LogP contribution in [0.25, 0.3) is 0 Å². The van der Waals surface area contributed by atoms with E-state index in [0.717, 1.165) is 37.9 Å². The summed E-state index contributed by atoms with van der Waals surface area (Å²) < 4.78 is 37.8. The normalized spacial score (nSPS) is 20.3. The van der Waals surface area contributed by atoms with E-state index in [9.17, 15) is 18.0 Å². The van der Waals surface area contributed by atoms with Crippen LogP contribution in [0, 0.1) is 0 Å². The summed E-state index contributed by atoms with van der Waals surface area (Å²) in [6.45, 7) is 3.14. The van der Waals surface area contributed by atoms with Crippen molar-refractivity contribution in [2.45, 2.75) is 38.4 Å². The molecule has 1 unspecified atom stereocenters. The molecule has 0 radical (unpaired) electrons. The van der Waals surface area contributed by atoms with Gasteiger partial charge in [0.2, 0.25) is 5.91 Å². The molecular weight excluding hydrogens is 281 g/mol. The molecule has 1 aromatic rings. The Morgan fingerprint density at radius 2 is 2.14 bits per heavy atom. The van der Waals surface area contributed by atoms with Crippen molar-refractivity contribution < 1.29 is 18.0 Å². The van der Waals surface area contributed by atoms with Crippen LogP contribution < -0.4 is 5.32 Å². The zero-order valence-electron chi connectivity index (χ0n) is 11.9. The quantitative estimate of drug-likeness (QED) is 0.926. The number of nitrogens with zero attached hydrogens (tertiary/aromatic N) is 1. The number of carbonyl (C=O) groups excluding carboxylic acids is 1. The minimum Gasteiger partial charge on any atom is -0.325 e. The van der Waals surface area contributed by atoms with Gasteiger partial charge in [-0.15, -0.1) is 0 Å². The molecule has 3 nitrogen and oxygen atoms in total. The smallest absolute Gasteiger partial charge is 0.325 e. The molecule has 1 heterocycles. The van der Waals surface area contributed by atoms with E-state index in [2.05, 4.69) is 17.1 Å². The molecule has 0 saturated carbocycles. The van der Waals surface area contributed by atoms with Gasteiger partial charge in [0.15, 0.2) is 0 Å². The lowest BCUT2D eigenvalue weighted by molar-refractivity contribution is -0.137. The second-order valence-electron chi connectivity index (χ2n) is 5.44. The van der Waals surface area contributed by atoms with Crippen LogP contribution in [0.15, 0.2) is 24.3 Å². The van der Waals surface area contributed by atoms with E-state index in [1.807, 2.05) is 0 Å². The van der Waals surface area contributed by atoms with Gasteiger partial charge < -0.3 is 5.32 Å². The third-order valence-corrected chi connectivity index (χ3v) is 3.76. The number of hydrogen-bond donors (Lipinski definition) is 1. The van der Waals surface area contributed by atoms with Crippen molar-refractivity contribution >= 4 is 11.6 Å². The molecule has 1 fully saturated rings. The number of piperidine rings is 1. The van der Waals surface area contributed by atoms with Crippen LogP contribution in [0.2, 0.25) is 0 Å². The Labute approximate surface area is 122 Å². The SMILES string of the molecule is CC1CCCCN1CC(=O)Nc1cccc(C(F)(F)F)c1. The topological polar surface area (TPSA) is 32.3 Å². The summed E-state index contributed by atoms with van der Waals surface area (Å²) in [7, 11) is 0. The summed E-state index contributed by atoms with van der Waals surface area (Å²) in [5.74, 6) is -0.275. The highest BCUT2D eigenvalue weighted by atomic mass is 19.4.